The van der Waals surface area contributed by atoms with Crippen LogP contribution in [0, 0.1) is 5.82 Å². The molecule has 0 aliphatic rings. The van der Waals surface area contributed by atoms with Crippen LogP contribution in [0.3, 0.4) is 0 Å². The number of nitrogens with zero attached hydrogens (tertiary/aromatic N) is 3. The number of hydrogen-bond donors (Lipinski definition) is 2. The van der Waals surface area contributed by atoms with Gasteiger partial charge in [-0.1, -0.05) is 26.0 Å². The molecule has 2 aromatic rings. The highest BCUT2D eigenvalue weighted by Gasteiger charge is 2.21. The zero-order chi connectivity index (χ0) is 16.2. The second kappa shape index (κ2) is 7.02. The van der Waals surface area contributed by atoms with Gasteiger partial charge in [0, 0.05) is 37.1 Å². The highest BCUT2D eigenvalue weighted by atomic mass is 32.1. The third-order valence-corrected chi connectivity index (χ3v) is 4.16. The van der Waals surface area contributed by atoms with Crippen LogP contribution in [0.15, 0.2) is 24.3 Å². The first-order valence-electron chi connectivity index (χ1n) is 7.08. The molecule has 0 saturated heterocycles. The van der Waals surface area contributed by atoms with Crippen molar-refractivity contribution in [2.45, 2.75) is 19.3 Å². The van der Waals surface area contributed by atoms with Crippen molar-refractivity contribution in [3.63, 3.8) is 0 Å². The lowest BCUT2D eigenvalue weighted by molar-refractivity contribution is 0.303. The maximum absolute atomic E-state index is 13.0. The maximum Gasteiger partial charge on any atom is 0.238 e. The highest BCUT2D eigenvalue weighted by molar-refractivity contribution is 7.09. The molecule has 0 atom stereocenters. The Morgan fingerprint density at radius 1 is 1.32 bits per heavy atom. The summed E-state index contributed by atoms with van der Waals surface area (Å²) >= 11 is 1.29. The minimum absolute atomic E-state index is 0.0655. The quantitative estimate of drug-likeness (QED) is 0.819. The van der Waals surface area contributed by atoms with Gasteiger partial charge in [-0.2, -0.15) is 9.36 Å². The fraction of sp³-hybridized carbons (Fsp3) is 0.467. The number of likely N-dealkylation sites (N-methyl/N-ethyl adjacent to an activating group) is 1. The van der Waals surface area contributed by atoms with Crippen LogP contribution in [0.4, 0.5) is 15.5 Å². The molecule has 0 amide bonds. The van der Waals surface area contributed by atoms with Gasteiger partial charge in [0.15, 0.2) is 0 Å². The number of nitrogens with one attached hydrogen (secondary N) is 1. The van der Waals surface area contributed by atoms with E-state index in [2.05, 4.69) is 28.5 Å². The van der Waals surface area contributed by atoms with E-state index in [1.807, 2.05) is 7.05 Å². The second-order valence-electron chi connectivity index (χ2n) is 5.79. The molecule has 0 radical (unpaired) electrons. The lowest BCUT2D eigenvalue weighted by atomic mass is 9.85. The van der Waals surface area contributed by atoms with Crippen LogP contribution in [0.1, 0.15) is 19.4 Å². The van der Waals surface area contributed by atoms with Gasteiger partial charge in [-0.25, -0.2) is 4.39 Å². The van der Waals surface area contributed by atoms with Crippen molar-refractivity contribution in [2.24, 2.45) is 0 Å². The molecule has 22 heavy (non-hydrogen) atoms. The summed E-state index contributed by atoms with van der Waals surface area (Å²) < 4.78 is 17.3. The number of benzene rings is 1. The van der Waals surface area contributed by atoms with Crippen LogP contribution in [0.2, 0.25) is 0 Å². The molecule has 0 aliphatic carbocycles. The maximum atomic E-state index is 13.0. The highest BCUT2D eigenvalue weighted by Crippen LogP contribution is 2.25. The zero-order valence-electron chi connectivity index (χ0n) is 13.0. The molecule has 1 heterocycles. The molecule has 2 rings (SSSR count). The Bertz CT molecular complexity index is 600. The Balaban J connectivity index is 1.98. The summed E-state index contributed by atoms with van der Waals surface area (Å²) in [4.78, 5) is 6.19. The lowest BCUT2D eigenvalue weighted by Crippen LogP contribution is -2.27. The van der Waals surface area contributed by atoms with Gasteiger partial charge >= 0.3 is 0 Å². The molecule has 2 N–H and O–H groups in total. The molecule has 0 spiro atoms. The van der Waals surface area contributed by atoms with E-state index in [9.17, 15) is 4.39 Å². The van der Waals surface area contributed by atoms with E-state index in [1.165, 1.54) is 23.7 Å². The number of rotatable bonds is 7. The Labute approximate surface area is 134 Å². The summed E-state index contributed by atoms with van der Waals surface area (Å²) in [5.41, 5.74) is 0.903. The van der Waals surface area contributed by atoms with Crippen LogP contribution < -0.4 is 10.2 Å². The summed E-state index contributed by atoms with van der Waals surface area (Å²) in [6.07, 6.45) is 0. The van der Waals surface area contributed by atoms with E-state index in [-0.39, 0.29) is 17.8 Å². The third-order valence-electron chi connectivity index (χ3n) is 3.50. The van der Waals surface area contributed by atoms with Crippen molar-refractivity contribution in [3.8, 4) is 0 Å². The van der Waals surface area contributed by atoms with Crippen molar-refractivity contribution in [1.82, 2.24) is 9.36 Å². The molecule has 0 unspecified atom stereocenters. The lowest BCUT2D eigenvalue weighted by Gasteiger charge is -2.25. The van der Waals surface area contributed by atoms with E-state index < -0.39 is 0 Å². The van der Waals surface area contributed by atoms with Gasteiger partial charge in [0.1, 0.15) is 5.82 Å². The Kier molecular flexibility index (Phi) is 5.31. The number of aliphatic hydroxyl groups is 1. The van der Waals surface area contributed by atoms with Crippen LogP contribution in [0.5, 0.6) is 0 Å². The summed E-state index contributed by atoms with van der Waals surface area (Å²) in [5, 5.41) is 12.9. The van der Waals surface area contributed by atoms with Gasteiger partial charge in [-0.05, 0) is 17.7 Å². The molecular weight excluding hydrogens is 303 g/mol. The fourth-order valence-corrected chi connectivity index (χ4v) is 2.60. The molecule has 1 aromatic carbocycles. The average molecular weight is 324 g/mol. The van der Waals surface area contributed by atoms with Crippen molar-refractivity contribution in [3.05, 3.63) is 35.6 Å². The number of halogens is 1. The van der Waals surface area contributed by atoms with Gasteiger partial charge in [-0.3, -0.25) is 0 Å². The molecule has 0 aliphatic heterocycles. The van der Waals surface area contributed by atoms with Crippen molar-refractivity contribution in [2.75, 3.05) is 37.0 Å². The molecule has 5 nitrogen and oxygen atoms in total. The number of hydrogen-bond acceptors (Lipinski definition) is 6. The van der Waals surface area contributed by atoms with Gasteiger partial charge in [0.25, 0.3) is 0 Å². The van der Waals surface area contributed by atoms with E-state index in [0.717, 1.165) is 10.7 Å². The molecule has 0 saturated carbocycles. The summed E-state index contributed by atoms with van der Waals surface area (Å²) in [6.45, 7) is 5.41. The predicted molar refractivity (Wildman–Crippen MR) is 88.2 cm³/mol. The van der Waals surface area contributed by atoms with Crippen LogP contribution in [-0.4, -0.2) is 41.2 Å². The first-order chi connectivity index (χ1) is 10.4. The molecule has 1 aromatic heterocycles. The second-order valence-corrected chi connectivity index (χ2v) is 6.54. The Morgan fingerprint density at radius 3 is 2.64 bits per heavy atom. The summed E-state index contributed by atoms with van der Waals surface area (Å²) in [5.74, 6) is 0.370. The van der Waals surface area contributed by atoms with E-state index in [4.69, 9.17) is 5.11 Å². The zero-order valence-corrected chi connectivity index (χ0v) is 13.8. The topological polar surface area (TPSA) is 61.3 Å². The number of anilines is 2. The minimum atomic E-state index is -0.229. The summed E-state index contributed by atoms with van der Waals surface area (Å²) in [7, 11) is 1.84. The number of aliphatic hydroxyl groups excluding tert-OH is 1. The Hall–Kier alpha value is -1.73. The average Bonchev–Trinajstić information content (AvgIpc) is 2.95. The van der Waals surface area contributed by atoms with Crippen LogP contribution in [-0.2, 0) is 5.41 Å². The largest absolute Gasteiger partial charge is 0.395 e. The van der Waals surface area contributed by atoms with Crippen LogP contribution >= 0.6 is 11.5 Å². The van der Waals surface area contributed by atoms with Gasteiger partial charge < -0.3 is 15.3 Å². The molecular formula is C15H21FN4OS. The van der Waals surface area contributed by atoms with E-state index in [0.29, 0.717) is 19.0 Å². The van der Waals surface area contributed by atoms with Gasteiger partial charge in [-0.15, -0.1) is 0 Å². The smallest absolute Gasteiger partial charge is 0.238 e. The van der Waals surface area contributed by atoms with E-state index in [1.54, 1.807) is 17.0 Å². The SMILES string of the molecule is CN(CCO)c1nsc(NCC(C)(C)c2ccc(F)cc2)n1. The van der Waals surface area contributed by atoms with Crippen molar-refractivity contribution in [1.29, 1.82) is 0 Å². The van der Waals surface area contributed by atoms with Gasteiger partial charge in [0.05, 0.1) is 6.61 Å². The predicted octanol–water partition coefficient (Wildman–Crippen LogP) is 2.50. The first-order valence-corrected chi connectivity index (χ1v) is 7.85. The monoisotopic (exact) mass is 324 g/mol. The van der Waals surface area contributed by atoms with Crippen LogP contribution in [0.25, 0.3) is 0 Å². The van der Waals surface area contributed by atoms with E-state index >= 15 is 0 Å². The fourth-order valence-electron chi connectivity index (χ4n) is 1.99. The Morgan fingerprint density at radius 2 is 2.00 bits per heavy atom. The van der Waals surface area contributed by atoms with Crippen molar-refractivity contribution < 1.29 is 9.50 Å². The standard InChI is InChI=1S/C15H21FN4OS/c1-15(2,11-4-6-12(16)7-5-11)10-17-14-18-13(19-22-14)20(3)8-9-21/h4-7,21H,8-10H2,1-3H3,(H,17,18,19). The number of aromatic nitrogens is 2. The van der Waals surface area contributed by atoms with Crippen molar-refractivity contribution >= 4 is 22.6 Å². The molecule has 120 valence electrons. The summed E-state index contributed by atoms with van der Waals surface area (Å²) in [6, 6.07) is 6.56. The minimum Gasteiger partial charge on any atom is -0.395 e. The molecule has 0 bridgehead atoms. The third kappa shape index (κ3) is 4.14. The van der Waals surface area contributed by atoms with Gasteiger partial charge in [0.2, 0.25) is 11.1 Å². The molecule has 0 fully saturated rings. The normalized spacial score (nSPS) is 11.5. The molecule has 7 heteroatoms. The first kappa shape index (κ1) is 16.6.